The Morgan fingerprint density at radius 1 is 1.09 bits per heavy atom. The third kappa shape index (κ3) is 2.96. The molecule has 22 heavy (non-hydrogen) atoms. The Bertz CT molecular complexity index is 810. The normalized spacial score (nSPS) is 16.0. The van der Waals surface area contributed by atoms with Crippen LogP contribution in [0.1, 0.15) is 17.5 Å². The third-order valence-corrected chi connectivity index (χ3v) is 4.47. The minimum atomic E-state index is -3.91. The van der Waals surface area contributed by atoms with Crippen molar-refractivity contribution in [3.63, 3.8) is 0 Å². The van der Waals surface area contributed by atoms with Gasteiger partial charge < -0.3 is 4.74 Å². The second-order valence-electron chi connectivity index (χ2n) is 4.97. The van der Waals surface area contributed by atoms with Crippen molar-refractivity contribution in [2.75, 3.05) is 6.61 Å². The molecular weight excluding hydrogens is 302 g/mol. The van der Waals surface area contributed by atoms with Crippen molar-refractivity contribution in [3.05, 3.63) is 59.7 Å². The van der Waals surface area contributed by atoms with Gasteiger partial charge in [0.05, 0.1) is 12.3 Å². The van der Waals surface area contributed by atoms with Crippen molar-refractivity contribution in [3.8, 4) is 5.75 Å². The van der Waals surface area contributed by atoms with Gasteiger partial charge in [0, 0.05) is 12.0 Å². The Balaban J connectivity index is 1.87. The fraction of sp³-hybridized carbons (Fsp3) is 0.188. The number of oxime groups is 1. The smallest absolute Gasteiger partial charge is 0.358 e. The Morgan fingerprint density at radius 3 is 2.59 bits per heavy atom. The van der Waals surface area contributed by atoms with Crippen LogP contribution in [0.15, 0.2) is 58.6 Å². The molecule has 0 saturated heterocycles. The molecule has 0 atom stereocenters. The Morgan fingerprint density at radius 2 is 1.82 bits per heavy atom. The third-order valence-electron chi connectivity index (χ3n) is 3.35. The number of hydrogen-bond acceptors (Lipinski definition) is 5. The van der Waals surface area contributed by atoms with E-state index in [0.29, 0.717) is 24.5 Å². The molecule has 1 heterocycles. The average molecular weight is 317 g/mol. The minimum Gasteiger partial charge on any atom is -0.492 e. The van der Waals surface area contributed by atoms with Gasteiger partial charge in [-0.25, -0.2) is 0 Å². The molecule has 6 heteroatoms. The number of para-hydroxylation sites is 1. The zero-order valence-corrected chi connectivity index (χ0v) is 12.8. The van der Waals surface area contributed by atoms with Crippen molar-refractivity contribution in [1.82, 2.24) is 0 Å². The van der Waals surface area contributed by atoms with Crippen LogP contribution in [0.25, 0.3) is 0 Å². The predicted octanol–water partition coefficient (Wildman–Crippen LogP) is 2.89. The first-order valence-electron chi connectivity index (χ1n) is 6.86. The maximum Gasteiger partial charge on any atom is 0.358 e. The molecule has 0 aliphatic carbocycles. The fourth-order valence-electron chi connectivity index (χ4n) is 2.16. The highest BCUT2D eigenvalue weighted by atomic mass is 32.2. The van der Waals surface area contributed by atoms with Gasteiger partial charge in [-0.2, -0.15) is 8.42 Å². The average Bonchev–Trinajstić information content (AvgIpc) is 2.53. The first kappa shape index (κ1) is 14.6. The summed E-state index contributed by atoms with van der Waals surface area (Å²) in [5, 5.41) is 3.84. The molecule has 3 rings (SSSR count). The molecule has 1 aliphatic rings. The lowest BCUT2D eigenvalue weighted by molar-refractivity contribution is 0.308. The van der Waals surface area contributed by atoms with Crippen molar-refractivity contribution in [2.45, 2.75) is 18.2 Å². The van der Waals surface area contributed by atoms with E-state index in [9.17, 15) is 8.42 Å². The summed E-state index contributed by atoms with van der Waals surface area (Å²) in [4.78, 5) is 0.0859. The molecule has 0 unspecified atom stereocenters. The van der Waals surface area contributed by atoms with Crippen LogP contribution >= 0.6 is 0 Å². The van der Waals surface area contributed by atoms with E-state index in [1.54, 1.807) is 12.1 Å². The summed E-state index contributed by atoms with van der Waals surface area (Å²) < 4.78 is 34.6. The van der Waals surface area contributed by atoms with E-state index >= 15 is 0 Å². The molecule has 0 amide bonds. The van der Waals surface area contributed by atoms with Crippen LogP contribution in [0.3, 0.4) is 0 Å². The lowest BCUT2D eigenvalue weighted by atomic mass is 10.0. The van der Waals surface area contributed by atoms with E-state index in [1.807, 2.05) is 31.2 Å². The number of fused-ring (bicyclic) bond motifs is 1. The topological polar surface area (TPSA) is 65.0 Å². The first-order chi connectivity index (χ1) is 10.6. The van der Waals surface area contributed by atoms with Gasteiger partial charge in [0.2, 0.25) is 0 Å². The lowest BCUT2D eigenvalue weighted by Gasteiger charge is -2.18. The molecule has 2 aromatic rings. The zero-order valence-electron chi connectivity index (χ0n) is 12.0. The molecule has 0 N–H and O–H groups in total. The molecular formula is C16H15NO4S. The summed E-state index contributed by atoms with van der Waals surface area (Å²) in [7, 11) is -3.91. The maximum atomic E-state index is 12.1. The van der Waals surface area contributed by atoms with Gasteiger partial charge in [0.1, 0.15) is 10.6 Å². The zero-order chi connectivity index (χ0) is 15.6. The second-order valence-corrected chi connectivity index (χ2v) is 6.50. The lowest BCUT2D eigenvalue weighted by Crippen LogP contribution is -2.17. The van der Waals surface area contributed by atoms with Gasteiger partial charge in [-0.1, -0.05) is 35.0 Å². The number of hydrogen-bond donors (Lipinski definition) is 0. The van der Waals surface area contributed by atoms with Crippen molar-refractivity contribution in [2.24, 2.45) is 5.16 Å². The van der Waals surface area contributed by atoms with E-state index in [0.717, 1.165) is 11.1 Å². The molecule has 0 radical (unpaired) electrons. The monoisotopic (exact) mass is 317 g/mol. The van der Waals surface area contributed by atoms with Crippen LogP contribution < -0.4 is 4.74 Å². The van der Waals surface area contributed by atoms with Gasteiger partial charge in [0.15, 0.2) is 0 Å². The molecule has 5 nitrogen and oxygen atoms in total. The molecule has 0 bridgehead atoms. The SMILES string of the molecule is Cc1ccc(S(=O)(=O)O/N=C2/CCOc3ccccc32)cc1. The standard InChI is InChI=1S/C16H15NO4S/c1-12-6-8-13(9-7-12)22(18,19)21-17-15-10-11-20-16-5-3-2-4-14(15)16/h2-9H,10-11H2,1H3/b17-15-. The van der Waals surface area contributed by atoms with E-state index < -0.39 is 10.1 Å². The largest absolute Gasteiger partial charge is 0.492 e. The van der Waals surface area contributed by atoms with Crippen LogP contribution in [-0.4, -0.2) is 20.7 Å². The Labute approximate surface area is 129 Å². The minimum absolute atomic E-state index is 0.0859. The summed E-state index contributed by atoms with van der Waals surface area (Å²) in [6.45, 7) is 2.33. The highest BCUT2D eigenvalue weighted by molar-refractivity contribution is 7.86. The van der Waals surface area contributed by atoms with Crippen LogP contribution in [0, 0.1) is 6.92 Å². The molecule has 114 valence electrons. The highest BCUT2D eigenvalue weighted by Crippen LogP contribution is 2.25. The number of nitrogens with zero attached hydrogens (tertiary/aromatic N) is 1. The van der Waals surface area contributed by atoms with E-state index in [2.05, 4.69) is 5.16 Å². The van der Waals surface area contributed by atoms with Gasteiger partial charge >= 0.3 is 10.1 Å². The summed E-state index contributed by atoms with van der Waals surface area (Å²) in [6, 6.07) is 13.8. The van der Waals surface area contributed by atoms with E-state index in [1.165, 1.54) is 12.1 Å². The maximum absolute atomic E-state index is 12.1. The molecule has 0 aromatic heterocycles. The number of rotatable bonds is 3. The number of ether oxygens (including phenoxy) is 1. The summed E-state index contributed by atoms with van der Waals surface area (Å²) in [5.41, 5.74) is 2.30. The van der Waals surface area contributed by atoms with Crippen molar-refractivity contribution in [1.29, 1.82) is 0 Å². The fourth-order valence-corrected chi connectivity index (χ4v) is 2.90. The number of benzene rings is 2. The summed E-state index contributed by atoms with van der Waals surface area (Å²) in [5.74, 6) is 0.684. The van der Waals surface area contributed by atoms with Crippen LogP contribution in [0.5, 0.6) is 5.75 Å². The molecule has 2 aromatic carbocycles. The molecule has 1 aliphatic heterocycles. The van der Waals surface area contributed by atoms with Crippen LogP contribution in [-0.2, 0) is 14.4 Å². The molecule has 0 saturated carbocycles. The molecule has 0 fully saturated rings. The Hall–Kier alpha value is -2.34. The van der Waals surface area contributed by atoms with Gasteiger partial charge in [-0.05, 0) is 31.2 Å². The van der Waals surface area contributed by atoms with Gasteiger partial charge in [0.25, 0.3) is 0 Å². The first-order valence-corrected chi connectivity index (χ1v) is 8.26. The summed E-state index contributed by atoms with van der Waals surface area (Å²) in [6.07, 6.45) is 0.500. The highest BCUT2D eigenvalue weighted by Gasteiger charge is 2.20. The van der Waals surface area contributed by atoms with Gasteiger partial charge in [-0.3, -0.25) is 4.28 Å². The molecule has 0 spiro atoms. The Kier molecular flexibility index (Phi) is 3.85. The van der Waals surface area contributed by atoms with E-state index in [-0.39, 0.29) is 4.90 Å². The predicted molar refractivity (Wildman–Crippen MR) is 82.5 cm³/mol. The quantitative estimate of drug-likeness (QED) is 0.817. The second kappa shape index (κ2) is 5.81. The van der Waals surface area contributed by atoms with Gasteiger partial charge in [-0.15, -0.1) is 0 Å². The van der Waals surface area contributed by atoms with Crippen molar-refractivity contribution < 1.29 is 17.4 Å². The van der Waals surface area contributed by atoms with E-state index in [4.69, 9.17) is 9.02 Å². The number of aryl methyl sites for hydroxylation is 1. The van der Waals surface area contributed by atoms with Crippen LogP contribution in [0.2, 0.25) is 0 Å². The summed E-state index contributed by atoms with van der Waals surface area (Å²) >= 11 is 0. The van der Waals surface area contributed by atoms with Crippen molar-refractivity contribution >= 4 is 15.8 Å². The van der Waals surface area contributed by atoms with Crippen LogP contribution in [0.4, 0.5) is 0 Å².